The SMILES string of the molecule is Cc1cc2[se]c(C)c(C)c2c(C)[o+]1.[O-][Cl+3]([O-])([O-])[O-]. The summed E-state index contributed by atoms with van der Waals surface area (Å²) in [6, 6.07) is 2.18. The molecule has 0 aliphatic carbocycles. The monoisotopic (exact) mass is 340 g/mol. The number of aryl methyl sites for hydroxylation is 4. The third kappa shape index (κ3) is 4.33. The van der Waals surface area contributed by atoms with Crippen LogP contribution in [0.3, 0.4) is 0 Å². The summed E-state index contributed by atoms with van der Waals surface area (Å²) in [5, 5.41) is 1.36. The predicted octanol–water partition coefficient (Wildman–Crippen LogP) is -1.75. The predicted molar refractivity (Wildman–Crippen MR) is 56.5 cm³/mol. The third-order valence-electron chi connectivity index (χ3n) is 2.41. The van der Waals surface area contributed by atoms with Crippen LogP contribution in [0, 0.1) is 37.9 Å². The summed E-state index contributed by atoms with van der Waals surface area (Å²) in [6.45, 7) is 8.50. The van der Waals surface area contributed by atoms with Crippen molar-refractivity contribution in [3.8, 4) is 0 Å². The molecule has 2 rings (SSSR count). The number of hydrogen-bond donors (Lipinski definition) is 0. The Labute approximate surface area is 113 Å². The van der Waals surface area contributed by atoms with Gasteiger partial charge in [0.25, 0.3) is 0 Å². The molecule has 0 aromatic carbocycles. The molecule has 0 aliphatic heterocycles. The van der Waals surface area contributed by atoms with E-state index in [9.17, 15) is 0 Å². The van der Waals surface area contributed by atoms with E-state index >= 15 is 0 Å². The van der Waals surface area contributed by atoms with E-state index < -0.39 is 10.2 Å². The van der Waals surface area contributed by atoms with Crippen molar-refractivity contribution in [1.29, 1.82) is 0 Å². The first-order valence-electron chi connectivity index (χ1n) is 5.01. The van der Waals surface area contributed by atoms with Crippen LogP contribution in [0.1, 0.15) is 21.5 Å². The Hall–Kier alpha value is -0.461. The van der Waals surface area contributed by atoms with E-state index in [-0.39, 0.29) is 0 Å². The van der Waals surface area contributed by atoms with Gasteiger partial charge in [-0.05, 0) is 0 Å². The molecule has 0 fully saturated rings. The fraction of sp³-hybridized carbons (Fsp3) is 0.364. The summed E-state index contributed by atoms with van der Waals surface area (Å²) in [4.78, 5) is 0. The molecule has 2 aromatic heterocycles. The summed E-state index contributed by atoms with van der Waals surface area (Å²) in [6.07, 6.45) is 0. The molecule has 0 unspecified atom stereocenters. The summed E-state index contributed by atoms with van der Waals surface area (Å²) in [7, 11) is -4.94. The van der Waals surface area contributed by atoms with Crippen molar-refractivity contribution in [2.45, 2.75) is 27.7 Å². The second kappa shape index (κ2) is 5.67. The zero-order valence-corrected chi connectivity index (χ0v) is 12.9. The van der Waals surface area contributed by atoms with Crippen molar-refractivity contribution < 1.29 is 33.3 Å². The molecular formula is C11H13ClO5Se. The Morgan fingerprint density at radius 1 is 1.06 bits per heavy atom. The van der Waals surface area contributed by atoms with Gasteiger partial charge >= 0.3 is 83.8 Å². The van der Waals surface area contributed by atoms with Gasteiger partial charge in [0.2, 0.25) is 0 Å². The van der Waals surface area contributed by atoms with Gasteiger partial charge in [-0.2, -0.15) is 0 Å². The first-order valence-corrected chi connectivity index (χ1v) is 7.96. The Kier molecular flexibility index (Phi) is 4.91. The molecule has 2 aromatic rings. The molecule has 0 N–H and O–H groups in total. The minimum absolute atomic E-state index is 0.533. The summed E-state index contributed by atoms with van der Waals surface area (Å²) in [5.41, 5.74) is 1.43. The molecule has 100 valence electrons. The molecule has 0 bridgehead atoms. The minimum atomic E-state index is -4.94. The van der Waals surface area contributed by atoms with Crippen LogP contribution in [-0.4, -0.2) is 14.5 Å². The smallest absolute Gasteiger partial charge is 0.112 e. The van der Waals surface area contributed by atoms with Gasteiger partial charge in [0.1, 0.15) is 0 Å². The summed E-state index contributed by atoms with van der Waals surface area (Å²) in [5.74, 6) is 2.10. The van der Waals surface area contributed by atoms with Gasteiger partial charge in [-0.25, -0.2) is 18.6 Å². The zero-order valence-electron chi connectivity index (χ0n) is 10.4. The van der Waals surface area contributed by atoms with Crippen LogP contribution in [0.2, 0.25) is 0 Å². The molecule has 18 heavy (non-hydrogen) atoms. The Balaban J connectivity index is 0.000000280. The maximum absolute atomic E-state index is 8.49. The summed E-state index contributed by atoms with van der Waals surface area (Å²) >= 11 is 0.533. The molecule has 0 saturated carbocycles. The van der Waals surface area contributed by atoms with Crippen LogP contribution in [0.15, 0.2) is 10.5 Å². The molecule has 0 saturated heterocycles. The molecule has 2 heterocycles. The van der Waals surface area contributed by atoms with Gasteiger partial charge in [0.05, 0.1) is 0 Å². The number of rotatable bonds is 0. The fourth-order valence-corrected chi connectivity index (χ4v) is 4.24. The second-order valence-electron chi connectivity index (χ2n) is 3.81. The minimum Gasteiger partial charge on any atom is -0.222 e. The largest absolute Gasteiger partial charge is 0.222 e. The van der Waals surface area contributed by atoms with Crippen LogP contribution in [-0.2, 0) is 0 Å². The quantitative estimate of drug-likeness (QED) is 0.418. The standard InChI is InChI=1S/C11H13OSe.ClHO4/c1-6-5-10-11(8(3)12-6)7(2)9(4)13-10;2-1(3,4)5/h5H,1-4H3;(H,2,3,4,5)/q+1;/p-1. The van der Waals surface area contributed by atoms with Crippen molar-refractivity contribution in [3.05, 3.63) is 27.6 Å². The van der Waals surface area contributed by atoms with E-state index in [1.54, 1.807) is 0 Å². The van der Waals surface area contributed by atoms with Crippen molar-refractivity contribution in [1.82, 2.24) is 0 Å². The maximum Gasteiger partial charge on any atom is -0.112 e. The molecule has 5 nitrogen and oxygen atoms in total. The van der Waals surface area contributed by atoms with Crippen LogP contribution in [0.5, 0.6) is 0 Å². The first kappa shape index (κ1) is 15.6. The number of fused-ring (bicyclic) bond motifs is 1. The Morgan fingerprint density at radius 3 is 2.06 bits per heavy atom. The van der Waals surface area contributed by atoms with Crippen LogP contribution < -0.4 is 18.6 Å². The van der Waals surface area contributed by atoms with Crippen LogP contribution in [0.4, 0.5) is 0 Å². The number of halogens is 1. The molecule has 0 atom stereocenters. The molecule has 7 heteroatoms. The van der Waals surface area contributed by atoms with Crippen molar-refractivity contribution in [2.75, 3.05) is 0 Å². The number of hydrogen-bond acceptors (Lipinski definition) is 4. The second-order valence-corrected chi connectivity index (χ2v) is 7.21. The van der Waals surface area contributed by atoms with Gasteiger partial charge in [-0.15, -0.1) is 10.2 Å². The van der Waals surface area contributed by atoms with Crippen LogP contribution in [0.25, 0.3) is 9.65 Å². The van der Waals surface area contributed by atoms with Gasteiger partial charge < -0.3 is 0 Å². The van der Waals surface area contributed by atoms with Gasteiger partial charge in [0, 0.05) is 0 Å². The van der Waals surface area contributed by atoms with Crippen LogP contribution >= 0.6 is 0 Å². The van der Waals surface area contributed by atoms with Gasteiger partial charge in [-0.1, -0.05) is 0 Å². The van der Waals surface area contributed by atoms with E-state index in [0.29, 0.717) is 14.5 Å². The van der Waals surface area contributed by atoms with Crippen molar-refractivity contribution in [3.63, 3.8) is 0 Å². The topological polar surface area (TPSA) is 104 Å². The van der Waals surface area contributed by atoms with Gasteiger partial charge in [0.15, 0.2) is 0 Å². The zero-order chi connectivity index (χ0) is 14.1. The van der Waals surface area contributed by atoms with Crippen molar-refractivity contribution in [2.24, 2.45) is 0 Å². The van der Waals surface area contributed by atoms with E-state index in [1.807, 2.05) is 6.92 Å². The van der Waals surface area contributed by atoms with E-state index in [4.69, 9.17) is 23.1 Å². The average Bonchev–Trinajstić information content (AvgIpc) is 2.38. The normalized spacial score (nSPS) is 11.3. The third-order valence-corrected chi connectivity index (χ3v) is 4.83. The molecule has 0 radical (unpaired) electrons. The fourth-order valence-electron chi connectivity index (χ4n) is 1.70. The maximum atomic E-state index is 8.49. The van der Waals surface area contributed by atoms with Crippen molar-refractivity contribution >= 4 is 24.1 Å². The average molecular weight is 340 g/mol. The molecule has 0 aliphatic rings. The molecular weight excluding hydrogens is 327 g/mol. The van der Waals surface area contributed by atoms with E-state index in [2.05, 4.69) is 26.8 Å². The Bertz CT molecular complexity index is 553. The summed E-state index contributed by atoms with van der Waals surface area (Å²) < 4.78 is 42.6. The Morgan fingerprint density at radius 2 is 1.56 bits per heavy atom. The first-order chi connectivity index (χ1) is 8.09. The molecule has 0 amide bonds. The molecule has 0 spiro atoms. The van der Waals surface area contributed by atoms with E-state index in [1.165, 1.54) is 19.6 Å². The van der Waals surface area contributed by atoms with E-state index in [0.717, 1.165) is 11.5 Å². The van der Waals surface area contributed by atoms with Gasteiger partial charge in [-0.3, -0.25) is 0 Å².